The highest BCUT2D eigenvalue weighted by molar-refractivity contribution is 6.02. The molecule has 7 nitrogen and oxygen atoms in total. The lowest BCUT2D eigenvalue weighted by molar-refractivity contribution is -0.138. The number of Topliss-reactive ketones (excluding diaryl/α,β-unsaturated/α-hetero) is 1. The van der Waals surface area contributed by atoms with Crippen molar-refractivity contribution in [2.75, 3.05) is 38.4 Å². The Balaban J connectivity index is 2.97. The van der Waals surface area contributed by atoms with E-state index in [1.165, 1.54) is 21.1 Å². The van der Waals surface area contributed by atoms with E-state index < -0.39 is 5.97 Å². The van der Waals surface area contributed by atoms with Crippen LogP contribution in [0.15, 0.2) is 18.2 Å². The number of hydrogen-bond donors (Lipinski definition) is 2. The van der Waals surface area contributed by atoms with Crippen molar-refractivity contribution in [2.24, 2.45) is 0 Å². The molecule has 0 aliphatic heterocycles. The third-order valence-electron chi connectivity index (χ3n) is 3.07. The number of benzene rings is 1. The smallest absolute Gasteiger partial charge is 0.333 e. The summed E-state index contributed by atoms with van der Waals surface area (Å²) in [6.07, 6.45) is 0. The van der Waals surface area contributed by atoms with Crippen LogP contribution in [0.1, 0.15) is 24.2 Å². The van der Waals surface area contributed by atoms with Gasteiger partial charge in [-0.2, -0.15) is 0 Å². The predicted octanol–water partition coefficient (Wildman–Crippen LogP) is 2.02. The summed E-state index contributed by atoms with van der Waals surface area (Å²) in [5.74, 6) is 0.0615. The van der Waals surface area contributed by atoms with Crippen LogP contribution in [0.2, 0.25) is 0 Å². The monoisotopic (exact) mass is 322 g/mol. The van der Waals surface area contributed by atoms with Crippen molar-refractivity contribution in [3.05, 3.63) is 23.8 Å². The van der Waals surface area contributed by atoms with Gasteiger partial charge in [0.25, 0.3) is 0 Å². The van der Waals surface area contributed by atoms with Crippen molar-refractivity contribution in [2.45, 2.75) is 13.8 Å². The van der Waals surface area contributed by atoms with Crippen molar-refractivity contribution in [3.63, 3.8) is 0 Å². The van der Waals surface area contributed by atoms with Gasteiger partial charge in [-0.1, -0.05) is 6.58 Å². The van der Waals surface area contributed by atoms with E-state index in [4.69, 9.17) is 19.9 Å². The zero-order chi connectivity index (χ0) is 17.6. The predicted molar refractivity (Wildman–Crippen MR) is 88.2 cm³/mol. The summed E-state index contributed by atoms with van der Waals surface area (Å²) in [4.78, 5) is 23.0. The number of nitrogen functional groups attached to an aromatic ring is 1. The van der Waals surface area contributed by atoms with E-state index in [2.05, 4.69) is 11.9 Å². The first-order valence-corrected chi connectivity index (χ1v) is 6.95. The third-order valence-corrected chi connectivity index (χ3v) is 3.07. The Labute approximate surface area is 135 Å². The number of nitrogens with one attached hydrogen (secondary N) is 1. The Morgan fingerprint density at radius 3 is 2.39 bits per heavy atom. The molecule has 0 saturated carbocycles. The molecule has 0 bridgehead atoms. The molecule has 0 unspecified atom stereocenters. The molecule has 0 heterocycles. The van der Waals surface area contributed by atoms with E-state index in [1.54, 1.807) is 13.0 Å². The largest absolute Gasteiger partial charge is 0.494 e. The molecule has 1 aromatic carbocycles. The maximum Gasteiger partial charge on any atom is 0.333 e. The van der Waals surface area contributed by atoms with Crippen LogP contribution in [-0.2, 0) is 9.53 Å². The van der Waals surface area contributed by atoms with Gasteiger partial charge in [0, 0.05) is 17.7 Å². The van der Waals surface area contributed by atoms with Crippen LogP contribution in [0.3, 0.4) is 0 Å². The lowest BCUT2D eigenvalue weighted by Gasteiger charge is -2.18. The summed E-state index contributed by atoms with van der Waals surface area (Å²) >= 11 is 0. The van der Waals surface area contributed by atoms with Crippen LogP contribution < -0.4 is 20.5 Å². The van der Waals surface area contributed by atoms with Gasteiger partial charge in [-0.05, 0) is 19.9 Å². The summed E-state index contributed by atoms with van der Waals surface area (Å²) in [5, 5.41) is 3.04. The maximum atomic E-state index is 11.6. The summed E-state index contributed by atoms with van der Waals surface area (Å²) in [6, 6.07) is 1.54. The average molecular weight is 322 g/mol. The number of hydrogen-bond acceptors (Lipinski definition) is 7. The van der Waals surface area contributed by atoms with Crippen LogP contribution >= 0.6 is 0 Å². The fourth-order valence-corrected chi connectivity index (χ4v) is 1.92. The second kappa shape index (κ2) is 8.07. The Hall–Kier alpha value is -2.70. The molecular weight excluding hydrogens is 300 g/mol. The summed E-state index contributed by atoms with van der Waals surface area (Å²) in [6.45, 7) is 6.93. The Morgan fingerprint density at radius 1 is 1.26 bits per heavy atom. The van der Waals surface area contributed by atoms with E-state index in [1.807, 2.05) is 0 Å². The molecule has 0 aliphatic rings. The number of rotatable bonds is 8. The number of methoxy groups -OCH3 is 2. The SMILES string of the molecule is C=C(C)C(=O)OCCNc1c(OC)cc(C(C)=O)c(N)c1OC. The van der Waals surface area contributed by atoms with Crippen molar-refractivity contribution in [3.8, 4) is 11.5 Å². The molecule has 0 atom stereocenters. The second-order valence-corrected chi connectivity index (χ2v) is 4.85. The molecule has 7 heteroatoms. The lowest BCUT2D eigenvalue weighted by Crippen LogP contribution is -2.16. The quantitative estimate of drug-likeness (QED) is 0.248. The molecule has 0 radical (unpaired) electrons. The number of ether oxygens (including phenoxy) is 3. The number of carbonyl (C=O) groups excluding carboxylic acids is 2. The zero-order valence-corrected chi connectivity index (χ0v) is 13.8. The highest BCUT2D eigenvalue weighted by Gasteiger charge is 2.19. The van der Waals surface area contributed by atoms with Crippen molar-refractivity contribution in [1.82, 2.24) is 0 Å². The Kier molecular flexibility index (Phi) is 6.44. The third kappa shape index (κ3) is 4.38. The molecule has 0 aliphatic carbocycles. The molecule has 126 valence electrons. The highest BCUT2D eigenvalue weighted by Crippen LogP contribution is 2.41. The fourth-order valence-electron chi connectivity index (χ4n) is 1.92. The van der Waals surface area contributed by atoms with E-state index >= 15 is 0 Å². The van der Waals surface area contributed by atoms with Gasteiger partial charge in [-0.25, -0.2) is 4.79 Å². The number of nitrogens with two attached hydrogens (primary N) is 1. The molecule has 1 aromatic rings. The van der Waals surface area contributed by atoms with Gasteiger partial charge in [0.2, 0.25) is 0 Å². The van der Waals surface area contributed by atoms with Gasteiger partial charge in [-0.3, -0.25) is 4.79 Å². The minimum Gasteiger partial charge on any atom is -0.494 e. The molecule has 0 spiro atoms. The topological polar surface area (TPSA) is 99.9 Å². The molecule has 0 saturated heterocycles. The Morgan fingerprint density at radius 2 is 1.91 bits per heavy atom. The number of esters is 1. The zero-order valence-electron chi connectivity index (χ0n) is 13.8. The molecule has 0 amide bonds. The van der Waals surface area contributed by atoms with Crippen molar-refractivity contribution < 1.29 is 23.8 Å². The van der Waals surface area contributed by atoms with Gasteiger partial charge in [0.15, 0.2) is 11.5 Å². The molecule has 3 N–H and O–H groups in total. The molecular formula is C16H22N2O5. The van der Waals surface area contributed by atoms with Crippen LogP contribution in [0.4, 0.5) is 11.4 Å². The molecule has 23 heavy (non-hydrogen) atoms. The normalized spacial score (nSPS) is 9.91. The summed E-state index contributed by atoms with van der Waals surface area (Å²) < 4.78 is 15.6. The Bertz CT molecular complexity index is 625. The van der Waals surface area contributed by atoms with Crippen LogP contribution in [-0.4, -0.2) is 39.1 Å². The van der Waals surface area contributed by atoms with E-state index in [0.717, 1.165) is 0 Å². The highest BCUT2D eigenvalue weighted by atomic mass is 16.5. The van der Waals surface area contributed by atoms with Gasteiger partial charge in [0.1, 0.15) is 18.0 Å². The van der Waals surface area contributed by atoms with Crippen LogP contribution in [0, 0.1) is 0 Å². The minimum atomic E-state index is -0.461. The molecule has 1 rings (SSSR count). The fraction of sp³-hybridized carbons (Fsp3) is 0.375. The molecule has 0 fully saturated rings. The van der Waals surface area contributed by atoms with Crippen LogP contribution in [0.5, 0.6) is 11.5 Å². The molecule has 0 aromatic heterocycles. The second-order valence-electron chi connectivity index (χ2n) is 4.85. The number of anilines is 2. The van der Waals surface area contributed by atoms with E-state index in [0.29, 0.717) is 34.9 Å². The van der Waals surface area contributed by atoms with Crippen molar-refractivity contribution >= 4 is 23.1 Å². The first-order valence-electron chi connectivity index (χ1n) is 6.95. The van der Waals surface area contributed by atoms with Gasteiger partial charge in [-0.15, -0.1) is 0 Å². The number of carbonyl (C=O) groups is 2. The first kappa shape index (κ1) is 18.3. The summed E-state index contributed by atoms with van der Waals surface area (Å²) in [7, 11) is 2.92. The maximum absolute atomic E-state index is 11.6. The summed E-state index contributed by atoms with van der Waals surface area (Å²) in [5.41, 5.74) is 7.33. The van der Waals surface area contributed by atoms with Crippen LogP contribution in [0.25, 0.3) is 0 Å². The van der Waals surface area contributed by atoms with E-state index in [9.17, 15) is 9.59 Å². The lowest BCUT2D eigenvalue weighted by atomic mass is 10.1. The minimum absolute atomic E-state index is 0.131. The van der Waals surface area contributed by atoms with Gasteiger partial charge >= 0.3 is 5.97 Å². The standard InChI is InChI=1S/C16H22N2O5/c1-9(2)16(20)23-7-6-18-14-12(21-4)8-11(10(3)19)13(17)15(14)22-5/h8,18H,1,6-7,17H2,2-5H3. The first-order chi connectivity index (χ1) is 10.8. The van der Waals surface area contributed by atoms with Gasteiger partial charge in [0.05, 0.1) is 19.9 Å². The van der Waals surface area contributed by atoms with Crippen molar-refractivity contribution in [1.29, 1.82) is 0 Å². The number of ketones is 1. The van der Waals surface area contributed by atoms with E-state index in [-0.39, 0.29) is 18.1 Å². The average Bonchev–Trinajstić information content (AvgIpc) is 2.50. The van der Waals surface area contributed by atoms with Gasteiger partial charge < -0.3 is 25.3 Å².